The van der Waals surface area contributed by atoms with E-state index in [-0.39, 0.29) is 10.6 Å². The number of fused-ring (bicyclic) bond motifs is 1. The molecule has 2 aromatic rings. The molecule has 2 rings (SSSR count). The van der Waals surface area contributed by atoms with Gasteiger partial charge < -0.3 is 10.2 Å². The van der Waals surface area contributed by atoms with Gasteiger partial charge in [-0.05, 0) is 43.2 Å². The van der Waals surface area contributed by atoms with Gasteiger partial charge in [0.15, 0.2) is 0 Å². The molecule has 0 atom stereocenters. The van der Waals surface area contributed by atoms with E-state index in [2.05, 4.69) is 40.7 Å². The van der Waals surface area contributed by atoms with Gasteiger partial charge in [-0.2, -0.15) is 0 Å². The van der Waals surface area contributed by atoms with Crippen molar-refractivity contribution < 1.29 is 4.43 Å². The van der Waals surface area contributed by atoms with E-state index in [9.17, 15) is 0 Å². The van der Waals surface area contributed by atoms with Gasteiger partial charge in [0.2, 0.25) is 9.76 Å². The zero-order chi connectivity index (χ0) is 15.0. The molecular weight excluding hydrogens is 264 g/mol. The van der Waals surface area contributed by atoms with Gasteiger partial charge in [0, 0.05) is 11.1 Å². The van der Waals surface area contributed by atoms with Crippen molar-refractivity contribution in [1.82, 2.24) is 4.98 Å². The van der Waals surface area contributed by atoms with Gasteiger partial charge in [0.1, 0.15) is 0 Å². The summed E-state index contributed by atoms with van der Waals surface area (Å²) in [5, 5.41) is 1.23. The number of nitrogens with zero attached hydrogens (tertiary/aromatic N) is 1. The van der Waals surface area contributed by atoms with Crippen LogP contribution in [0.3, 0.4) is 0 Å². The van der Waals surface area contributed by atoms with E-state index < -0.39 is 0 Å². The van der Waals surface area contributed by atoms with E-state index in [4.69, 9.17) is 15.1 Å². The molecule has 0 aliphatic heterocycles. The van der Waals surface area contributed by atoms with E-state index in [0.717, 1.165) is 22.3 Å². The third-order valence-electron chi connectivity index (χ3n) is 2.94. The largest absolute Gasteiger partial charge is 0.406 e. The molecule has 3 nitrogen and oxygen atoms in total. The van der Waals surface area contributed by atoms with Gasteiger partial charge in [-0.1, -0.05) is 26.8 Å². The van der Waals surface area contributed by atoms with Crippen LogP contribution in [-0.2, 0) is 10.0 Å². The topological polar surface area (TPSA) is 48.1 Å². The average molecular weight is 286 g/mol. The van der Waals surface area contributed by atoms with Crippen molar-refractivity contribution >= 4 is 26.4 Å². The molecule has 0 aliphatic rings. The highest BCUT2D eigenvalue weighted by Crippen LogP contribution is 2.29. The second-order valence-corrected chi connectivity index (χ2v) is 8.52. The van der Waals surface area contributed by atoms with Gasteiger partial charge in [-0.3, -0.25) is 0 Å². The molecule has 0 bridgehead atoms. The number of pyridine rings is 1. The predicted molar refractivity (Wildman–Crippen MR) is 85.7 cm³/mol. The third-order valence-corrected chi connectivity index (χ3v) is 4.17. The second-order valence-electron chi connectivity index (χ2n) is 6.61. The lowest BCUT2D eigenvalue weighted by Gasteiger charge is -2.28. The number of nitrogen functional groups attached to an aromatic ring is 1. The second kappa shape index (κ2) is 5.18. The van der Waals surface area contributed by atoms with E-state index in [0.29, 0.717) is 9.76 Å². The third kappa shape index (κ3) is 3.58. The Morgan fingerprint density at radius 1 is 1.05 bits per heavy atom. The molecule has 1 heterocycles. The van der Waals surface area contributed by atoms with Crippen molar-refractivity contribution in [3.05, 3.63) is 36.0 Å². The zero-order valence-electron chi connectivity index (χ0n) is 12.8. The molecule has 1 aromatic carbocycles. The summed E-state index contributed by atoms with van der Waals surface area (Å²) < 4.78 is 6.09. The summed E-state index contributed by atoms with van der Waals surface area (Å²) in [4.78, 5) is 4.71. The predicted octanol–water partition coefficient (Wildman–Crippen LogP) is 3.91. The van der Waals surface area contributed by atoms with Crippen molar-refractivity contribution in [2.24, 2.45) is 0 Å². The normalized spacial score (nSPS) is 12.8. The average Bonchev–Trinajstić information content (AvgIpc) is 2.35. The maximum Gasteiger partial charge on any atom is 0.237 e. The molecule has 0 saturated heterocycles. The lowest BCUT2D eigenvalue weighted by molar-refractivity contribution is 0.105. The number of aromatic nitrogens is 1. The summed E-state index contributed by atoms with van der Waals surface area (Å²) in [5.41, 5.74) is 8.07. The standard InChI is InChI=1S/C16H22N2OSi/c1-15(2,3)20-19-16(4,5)14-9-6-11-10-12(17)7-8-13(11)18-14/h6-10H,17H2,1-5H3. The highest BCUT2D eigenvalue weighted by Gasteiger charge is 2.26. The van der Waals surface area contributed by atoms with E-state index >= 15 is 0 Å². The lowest BCUT2D eigenvalue weighted by Crippen LogP contribution is -2.28. The molecule has 0 fully saturated rings. The van der Waals surface area contributed by atoms with Gasteiger partial charge >= 0.3 is 0 Å². The Morgan fingerprint density at radius 3 is 2.40 bits per heavy atom. The van der Waals surface area contributed by atoms with Crippen LogP contribution < -0.4 is 5.73 Å². The molecule has 106 valence electrons. The first-order valence-corrected chi connectivity index (χ1v) is 7.70. The molecule has 0 unspecified atom stereocenters. The zero-order valence-corrected chi connectivity index (χ0v) is 13.8. The Kier molecular flexibility index (Phi) is 3.89. The highest BCUT2D eigenvalue weighted by atomic mass is 28.2. The van der Waals surface area contributed by atoms with Crippen LogP contribution in [0.25, 0.3) is 10.9 Å². The molecule has 2 N–H and O–H groups in total. The SMILES string of the molecule is CC(C)(C)[Si]OC(C)(C)c1ccc2cc(N)ccc2n1. The Balaban J connectivity index is 2.29. The van der Waals surface area contributed by atoms with Crippen LogP contribution in [0.1, 0.15) is 40.3 Å². The van der Waals surface area contributed by atoms with Crippen LogP contribution in [0, 0.1) is 0 Å². The number of benzene rings is 1. The van der Waals surface area contributed by atoms with Crippen molar-refractivity contribution in [1.29, 1.82) is 0 Å². The van der Waals surface area contributed by atoms with Crippen molar-refractivity contribution in [3.8, 4) is 0 Å². The fourth-order valence-corrected chi connectivity index (χ4v) is 2.48. The first kappa shape index (κ1) is 15.0. The maximum absolute atomic E-state index is 6.09. The fourth-order valence-electron chi connectivity index (χ4n) is 1.81. The molecule has 2 radical (unpaired) electrons. The summed E-state index contributed by atoms with van der Waals surface area (Å²) in [6, 6.07) is 9.85. The number of hydrogen-bond acceptors (Lipinski definition) is 3. The number of hydrogen-bond donors (Lipinski definition) is 1. The highest BCUT2D eigenvalue weighted by molar-refractivity contribution is 6.31. The Morgan fingerprint density at radius 2 is 1.75 bits per heavy atom. The van der Waals surface area contributed by atoms with Crippen molar-refractivity contribution in [3.63, 3.8) is 0 Å². The number of nitrogens with two attached hydrogens (primary N) is 1. The molecule has 4 heteroatoms. The summed E-state index contributed by atoms with van der Waals surface area (Å²) in [7, 11) is 0.433. The monoisotopic (exact) mass is 286 g/mol. The summed E-state index contributed by atoms with van der Waals surface area (Å²) >= 11 is 0. The lowest BCUT2D eigenvalue weighted by atomic mass is 10.0. The van der Waals surface area contributed by atoms with Crippen LogP contribution in [0.5, 0.6) is 0 Å². The minimum absolute atomic E-state index is 0.169. The Bertz CT molecular complexity index is 617. The summed E-state index contributed by atoms with van der Waals surface area (Å²) in [6.07, 6.45) is 0. The van der Waals surface area contributed by atoms with Crippen LogP contribution in [0.2, 0.25) is 5.04 Å². The van der Waals surface area contributed by atoms with Crippen LogP contribution in [0.4, 0.5) is 5.69 Å². The van der Waals surface area contributed by atoms with Crippen LogP contribution in [0.15, 0.2) is 30.3 Å². The van der Waals surface area contributed by atoms with Gasteiger partial charge in [-0.25, -0.2) is 4.98 Å². The minimum atomic E-state index is -0.388. The molecule has 0 saturated carbocycles. The smallest absolute Gasteiger partial charge is 0.237 e. The molecule has 20 heavy (non-hydrogen) atoms. The molecule has 0 amide bonds. The quantitative estimate of drug-likeness (QED) is 0.687. The Hall–Kier alpha value is -1.39. The molecule has 1 aromatic heterocycles. The summed E-state index contributed by atoms with van der Waals surface area (Å²) in [5.74, 6) is 0. The van der Waals surface area contributed by atoms with Crippen LogP contribution >= 0.6 is 0 Å². The first-order chi connectivity index (χ1) is 9.17. The summed E-state index contributed by atoms with van der Waals surface area (Å²) in [6.45, 7) is 10.7. The maximum atomic E-state index is 6.09. The molecule has 0 spiro atoms. The molecule has 0 aliphatic carbocycles. The number of rotatable bonds is 3. The molecular formula is C16H22N2OSi. The Labute approximate surface area is 123 Å². The number of anilines is 1. The van der Waals surface area contributed by atoms with Gasteiger partial charge in [0.05, 0.1) is 16.8 Å². The van der Waals surface area contributed by atoms with Gasteiger partial charge in [0.25, 0.3) is 0 Å². The van der Waals surface area contributed by atoms with Crippen molar-refractivity contribution in [2.75, 3.05) is 5.73 Å². The minimum Gasteiger partial charge on any atom is -0.406 e. The van der Waals surface area contributed by atoms with Crippen molar-refractivity contribution in [2.45, 2.75) is 45.3 Å². The van der Waals surface area contributed by atoms with Crippen LogP contribution in [-0.4, -0.2) is 14.7 Å². The first-order valence-electron chi connectivity index (χ1n) is 6.79. The van der Waals surface area contributed by atoms with E-state index in [1.807, 2.05) is 24.3 Å². The van der Waals surface area contributed by atoms with Gasteiger partial charge in [-0.15, -0.1) is 0 Å². The van der Waals surface area contributed by atoms with E-state index in [1.54, 1.807) is 0 Å². The van der Waals surface area contributed by atoms with E-state index in [1.165, 1.54) is 0 Å². The fraction of sp³-hybridized carbons (Fsp3) is 0.438.